The number of hydrogen-bond donors (Lipinski definition) is 1. The third-order valence-corrected chi connectivity index (χ3v) is 6.08. The molecule has 2 unspecified atom stereocenters. The van der Waals surface area contributed by atoms with Gasteiger partial charge in [-0.3, -0.25) is 14.6 Å². The lowest BCUT2D eigenvalue weighted by molar-refractivity contribution is -0.121. The SMILES string of the molecule is CC(C(=O)Nc1ccc(Cl)cc1F)N1CCN(C(C)c2nc(-c3ccccc3)no2)CC1. The van der Waals surface area contributed by atoms with Gasteiger partial charge in [0.25, 0.3) is 0 Å². The van der Waals surface area contributed by atoms with Gasteiger partial charge in [0.05, 0.1) is 17.8 Å². The van der Waals surface area contributed by atoms with Crippen LogP contribution >= 0.6 is 11.6 Å². The third-order valence-electron chi connectivity index (χ3n) is 5.84. The van der Waals surface area contributed by atoms with E-state index in [0.717, 1.165) is 18.7 Å². The molecule has 1 aromatic heterocycles. The van der Waals surface area contributed by atoms with Gasteiger partial charge in [0, 0.05) is 36.8 Å². The number of rotatable bonds is 6. The minimum absolute atomic E-state index is 0.0330. The number of piperazine rings is 1. The molecule has 168 valence electrons. The van der Waals surface area contributed by atoms with Gasteiger partial charge in [0.2, 0.25) is 17.6 Å². The van der Waals surface area contributed by atoms with Crippen LogP contribution in [0.1, 0.15) is 25.8 Å². The van der Waals surface area contributed by atoms with Crippen LogP contribution in [0.15, 0.2) is 53.1 Å². The van der Waals surface area contributed by atoms with E-state index in [1.54, 1.807) is 6.07 Å². The number of aromatic nitrogens is 2. The molecule has 1 amide bonds. The molecule has 1 aliphatic heterocycles. The second-order valence-corrected chi connectivity index (χ2v) is 8.30. The zero-order chi connectivity index (χ0) is 22.7. The Labute approximate surface area is 191 Å². The van der Waals surface area contributed by atoms with Crippen LogP contribution in [0.2, 0.25) is 5.02 Å². The summed E-state index contributed by atoms with van der Waals surface area (Å²) < 4.78 is 19.5. The van der Waals surface area contributed by atoms with E-state index >= 15 is 0 Å². The monoisotopic (exact) mass is 457 g/mol. The number of hydrogen-bond acceptors (Lipinski definition) is 6. The van der Waals surface area contributed by atoms with Gasteiger partial charge in [-0.2, -0.15) is 4.98 Å². The quantitative estimate of drug-likeness (QED) is 0.597. The van der Waals surface area contributed by atoms with Crippen LogP contribution in [-0.2, 0) is 4.79 Å². The van der Waals surface area contributed by atoms with E-state index in [4.69, 9.17) is 16.1 Å². The van der Waals surface area contributed by atoms with Gasteiger partial charge in [0.1, 0.15) is 5.82 Å². The molecule has 4 rings (SSSR count). The number of amides is 1. The predicted molar refractivity (Wildman–Crippen MR) is 121 cm³/mol. The molecule has 1 fully saturated rings. The zero-order valence-electron chi connectivity index (χ0n) is 18.0. The summed E-state index contributed by atoms with van der Waals surface area (Å²) >= 11 is 5.77. The average Bonchev–Trinajstić information content (AvgIpc) is 3.31. The number of carbonyl (C=O) groups is 1. The van der Waals surface area contributed by atoms with Gasteiger partial charge in [-0.05, 0) is 32.0 Å². The third kappa shape index (κ3) is 4.98. The summed E-state index contributed by atoms with van der Waals surface area (Å²) in [5.41, 5.74) is 1.04. The first-order valence-corrected chi connectivity index (χ1v) is 10.9. The van der Waals surface area contributed by atoms with E-state index < -0.39 is 11.9 Å². The van der Waals surface area contributed by atoms with Crippen LogP contribution in [-0.4, -0.2) is 58.1 Å². The van der Waals surface area contributed by atoms with Crippen molar-refractivity contribution in [3.63, 3.8) is 0 Å². The van der Waals surface area contributed by atoms with Crippen LogP contribution in [0, 0.1) is 5.82 Å². The lowest BCUT2D eigenvalue weighted by Gasteiger charge is -2.39. The largest absolute Gasteiger partial charge is 0.337 e. The van der Waals surface area contributed by atoms with Crippen molar-refractivity contribution in [3.8, 4) is 11.4 Å². The first-order chi connectivity index (χ1) is 15.4. The van der Waals surface area contributed by atoms with E-state index in [2.05, 4.69) is 25.3 Å². The lowest BCUT2D eigenvalue weighted by atomic mass is 10.1. The van der Waals surface area contributed by atoms with Crippen molar-refractivity contribution in [3.05, 3.63) is 65.3 Å². The summed E-state index contributed by atoms with van der Waals surface area (Å²) in [4.78, 5) is 21.5. The van der Waals surface area contributed by atoms with Crippen molar-refractivity contribution < 1.29 is 13.7 Å². The number of halogens is 2. The molecule has 0 bridgehead atoms. The van der Waals surface area contributed by atoms with Crippen molar-refractivity contribution in [1.82, 2.24) is 19.9 Å². The van der Waals surface area contributed by atoms with Gasteiger partial charge in [-0.25, -0.2) is 4.39 Å². The van der Waals surface area contributed by atoms with E-state index in [9.17, 15) is 9.18 Å². The highest BCUT2D eigenvalue weighted by Crippen LogP contribution is 2.24. The van der Waals surface area contributed by atoms with Crippen molar-refractivity contribution in [2.75, 3.05) is 31.5 Å². The van der Waals surface area contributed by atoms with Crippen LogP contribution in [0.5, 0.6) is 0 Å². The molecule has 7 nitrogen and oxygen atoms in total. The smallest absolute Gasteiger partial charge is 0.244 e. The standard InChI is InChI=1S/C23H25ClFN5O2/c1-15(22(31)26-20-9-8-18(24)14-19(20)25)29-10-12-30(13-11-29)16(2)23-27-21(28-32-23)17-6-4-3-5-7-17/h3-9,14-16H,10-13H2,1-2H3,(H,26,31). The van der Waals surface area contributed by atoms with Crippen LogP contribution in [0.25, 0.3) is 11.4 Å². The second kappa shape index (κ2) is 9.77. The van der Waals surface area contributed by atoms with E-state index in [-0.39, 0.29) is 22.7 Å². The van der Waals surface area contributed by atoms with Crippen molar-refractivity contribution >= 4 is 23.2 Å². The van der Waals surface area contributed by atoms with Crippen molar-refractivity contribution in [2.24, 2.45) is 0 Å². The number of nitrogens with one attached hydrogen (secondary N) is 1. The second-order valence-electron chi connectivity index (χ2n) is 7.86. The molecule has 9 heteroatoms. The van der Waals surface area contributed by atoms with Crippen molar-refractivity contribution in [1.29, 1.82) is 0 Å². The van der Waals surface area contributed by atoms with E-state index in [0.29, 0.717) is 24.8 Å². The highest BCUT2D eigenvalue weighted by Gasteiger charge is 2.30. The zero-order valence-corrected chi connectivity index (χ0v) is 18.7. The Balaban J connectivity index is 1.32. The molecule has 1 saturated heterocycles. The number of carbonyl (C=O) groups excluding carboxylic acids is 1. The fraction of sp³-hybridized carbons (Fsp3) is 0.348. The summed E-state index contributed by atoms with van der Waals surface area (Å²) in [6, 6.07) is 13.5. The van der Waals surface area contributed by atoms with Gasteiger partial charge in [0.15, 0.2) is 0 Å². The summed E-state index contributed by atoms with van der Waals surface area (Å²) in [7, 11) is 0. The topological polar surface area (TPSA) is 74.5 Å². The number of benzene rings is 2. The minimum Gasteiger partial charge on any atom is -0.337 e. The molecule has 2 aromatic carbocycles. The Bertz CT molecular complexity index is 1070. The summed E-state index contributed by atoms with van der Waals surface area (Å²) in [6.07, 6.45) is 0. The predicted octanol–water partition coefficient (Wildman–Crippen LogP) is 4.23. The van der Waals surface area contributed by atoms with E-state index in [1.807, 2.05) is 44.2 Å². The Morgan fingerprint density at radius 2 is 1.78 bits per heavy atom. The van der Waals surface area contributed by atoms with Gasteiger partial charge in [-0.15, -0.1) is 0 Å². The van der Waals surface area contributed by atoms with Crippen molar-refractivity contribution in [2.45, 2.75) is 25.9 Å². The molecular formula is C23H25ClFN5O2. The summed E-state index contributed by atoms with van der Waals surface area (Å²) in [5.74, 6) is 0.343. The maximum atomic E-state index is 14.0. The summed E-state index contributed by atoms with van der Waals surface area (Å²) in [6.45, 7) is 6.75. The molecule has 1 aliphatic rings. The van der Waals surface area contributed by atoms with Gasteiger partial charge >= 0.3 is 0 Å². The molecule has 2 atom stereocenters. The lowest BCUT2D eigenvalue weighted by Crippen LogP contribution is -2.53. The number of anilines is 1. The van der Waals surface area contributed by atoms with Gasteiger partial charge < -0.3 is 9.84 Å². The Morgan fingerprint density at radius 1 is 1.09 bits per heavy atom. The highest BCUT2D eigenvalue weighted by molar-refractivity contribution is 6.30. The minimum atomic E-state index is -0.550. The molecule has 0 spiro atoms. The van der Waals surface area contributed by atoms with Crippen LogP contribution in [0.3, 0.4) is 0 Å². The Hall–Kier alpha value is -2.81. The highest BCUT2D eigenvalue weighted by atomic mass is 35.5. The fourth-order valence-electron chi connectivity index (χ4n) is 3.77. The van der Waals surface area contributed by atoms with Crippen LogP contribution in [0.4, 0.5) is 10.1 Å². The average molecular weight is 458 g/mol. The van der Waals surface area contributed by atoms with Crippen LogP contribution < -0.4 is 5.32 Å². The Kier molecular flexibility index (Phi) is 6.83. The summed E-state index contributed by atoms with van der Waals surface area (Å²) in [5, 5.41) is 7.05. The molecule has 3 aromatic rings. The molecule has 1 N–H and O–H groups in total. The molecule has 32 heavy (non-hydrogen) atoms. The normalized spacial score (nSPS) is 17.1. The van der Waals surface area contributed by atoms with E-state index in [1.165, 1.54) is 12.1 Å². The Morgan fingerprint density at radius 3 is 2.47 bits per heavy atom. The maximum absolute atomic E-state index is 14.0. The molecule has 0 saturated carbocycles. The fourth-order valence-corrected chi connectivity index (χ4v) is 3.93. The number of nitrogens with zero attached hydrogens (tertiary/aromatic N) is 4. The maximum Gasteiger partial charge on any atom is 0.244 e. The molecule has 2 heterocycles. The first-order valence-electron chi connectivity index (χ1n) is 10.6. The molecule has 0 radical (unpaired) electrons. The molecule has 0 aliphatic carbocycles. The first kappa shape index (κ1) is 22.4. The molecular weight excluding hydrogens is 433 g/mol. The van der Waals surface area contributed by atoms with Gasteiger partial charge in [-0.1, -0.05) is 47.1 Å².